The Balaban J connectivity index is 1.68. The number of anilines is 1. The number of carbonyl (C=O) groups excluding carboxylic acids is 1. The molecule has 8 nitrogen and oxygen atoms in total. The van der Waals surface area contributed by atoms with Crippen molar-refractivity contribution in [3.05, 3.63) is 59.8 Å². The molecule has 2 aliphatic heterocycles. The molecule has 0 spiro atoms. The quantitative estimate of drug-likeness (QED) is 0.380. The van der Waals surface area contributed by atoms with Crippen molar-refractivity contribution in [1.29, 1.82) is 5.41 Å². The summed E-state index contributed by atoms with van der Waals surface area (Å²) in [6.07, 6.45) is 2.21. The van der Waals surface area contributed by atoms with Crippen molar-refractivity contribution < 1.29 is 18.0 Å². The van der Waals surface area contributed by atoms with Crippen LogP contribution in [0.2, 0.25) is 0 Å². The highest BCUT2D eigenvalue weighted by atomic mass is 19.4. The van der Waals surface area contributed by atoms with Gasteiger partial charge in [-0.15, -0.1) is 0 Å². The molecule has 32 heavy (non-hydrogen) atoms. The van der Waals surface area contributed by atoms with E-state index in [1.807, 2.05) is 0 Å². The Labute approximate surface area is 183 Å². The molecule has 0 atom stereocenters. The van der Waals surface area contributed by atoms with Crippen molar-refractivity contribution in [2.45, 2.75) is 25.4 Å². The maximum absolute atomic E-state index is 12.7. The lowest BCUT2D eigenvalue weighted by Crippen LogP contribution is -2.36. The minimum atomic E-state index is -4.36. The zero-order valence-electron chi connectivity index (χ0n) is 17.5. The zero-order valence-corrected chi connectivity index (χ0v) is 17.5. The van der Waals surface area contributed by atoms with E-state index in [0.717, 1.165) is 18.5 Å². The highest BCUT2D eigenvalue weighted by molar-refractivity contribution is 6.10. The van der Waals surface area contributed by atoms with Crippen LogP contribution in [0.25, 0.3) is 0 Å². The average Bonchev–Trinajstić information content (AvgIpc) is 3.40. The maximum Gasteiger partial charge on any atom is 0.405 e. The zero-order chi connectivity index (χ0) is 23.3. The van der Waals surface area contributed by atoms with Gasteiger partial charge in [0.05, 0.1) is 11.4 Å². The molecule has 11 heteroatoms. The van der Waals surface area contributed by atoms with Gasteiger partial charge in [0.25, 0.3) is 5.91 Å². The molecular formula is C21H24F3N7O. The fourth-order valence-corrected chi connectivity index (χ4v) is 3.30. The topological polar surface area (TPSA) is 106 Å². The number of rotatable bonds is 7. The Morgan fingerprint density at radius 1 is 1.41 bits per heavy atom. The molecule has 2 aliphatic rings. The molecule has 4 N–H and O–H groups in total. The molecule has 0 aromatic carbocycles. The average molecular weight is 447 g/mol. The highest BCUT2D eigenvalue weighted by Gasteiger charge is 2.27. The van der Waals surface area contributed by atoms with Crippen LogP contribution >= 0.6 is 0 Å². The second kappa shape index (κ2) is 9.67. The minimum absolute atomic E-state index is 0.0685. The van der Waals surface area contributed by atoms with Gasteiger partial charge in [-0.3, -0.25) is 10.2 Å². The lowest BCUT2D eigenvalue weighted by Gasteiger charge is -2.22. The van der Waals surface area contributed by atoms with Gasteiger partial charge in [-0.05, 0) is 31.1 Å². The lowest BCUT2D eigenvalue weighted by atomic mass is 10.1. The number of pyridine rings is 1. The summed E-state index contributed by atoms with van der Waals surface area (Å²) in [5.74, 6) is -0.285. The lowest BCUT2D eigenvalue weighted by molar-refractivity contribution is -0.117. The van der Waals surface area contributed by atoms with Gasteiger partial charge >= 0.3 is 6.18 Å². The second-order valence-electron chi connectivity index (χ2n) is 7.22. The van der Waals surface area contributed by atoms with Crippen LogP contribution in [0.15, 0.2) is 59.3 Å². The Morgan fingerprint density at radius 3 is 2.84 bits per heavy atom. The number of aliphatic imine (C=N–C) groups is 1. The van der Waals surface area contributed by atoms with Gasteiger partial charge in [0.15, 0.2) is 5.84 Å². The van der Waals surface area contributed by atoms with E-state index >= 15 is 0 Å². The maximum atomic E-state index is 12.7. The monoisotopic (exact) mass is 447 g/mol. The third-order valence-corrected chi connectivity index (χ3v) is 4.83. The third-order valence-electron chi connectivity index (χ3n) is 4.83. The normalized spacial score (nSPS) is 16.6. The SMILES string of the molecule is C=C1CCCN1C(=N)/C(=C\NC)NC(=O)C1=CCC(c2ccnc(NCC(F)(F)F)c2)=N1. The number of likely N-dealkylation sites (tertiary alicyclic amines) is 1. The molecule has 0 bridgehead atoms. The summed E-state index contributed by atoms with van der Waals surface area (Å²) in [5, 5.41) is 16.2. The van der Waals surface area contributed by atoms with Gasteiger partial charge in [-0.2, -0.15) is 13.2 Å². The number of alkyl halides is 3. The van der Waals surface area contributed by atoms with E-state index in [-0.39, 0.29) is 23.0 Å². The molecule has 1 saturated heterocycles. The summed E-state index contributed by atoms with van der Waals surface area (Å²) < 4.78 is 37.3. The van der Waals surface area contributed by atoms with Crippen molar-refractivity contribution in [3.63, 3.8) is 0 Å². The molecule has 170 valence electrons. The van der Waals surface area contributed by atoms with Crippen LogP contribution in [0.1, 0.15) is 24.8 Å². The number of halogens is 3. The predicted molar refractivity (Wildman–Crippen MR) is 116 cm³/mol. The van der Waals surface area contributed by atoms with E-state index in [2.05, 4.69) is 32.5 Å². The molecule has 3 heterocycles. The molecule has 0 saturated carbocycles. The number of amidine groups is 1. The van der Waals surface area contributed by atoms with Crippen LogP contribution in [0.4, 0.5) is 19.0 Å². The van der Waals surface area contributed by atoms with Gasteiger partial charge in [0.1, 0.15) is 18.1 Å². The molecule has 0 radical (unpaired) electrons. The second-order valence-corrected chi connectivity index (χ2v) is 7.22. The number of hydrogen-bond donors (Lipinski definition) is 4. The van der Waals surface area contributed by atoms with E-state index < -0.39 is 18.6 Å². The van der Waals surface area contributed by atoms with Crippen LogP contribution in [0, 0.1) is 5.41 Å². The smallest absolute Gasteiger partial charge is 0.392 e. The molecular weight excluding hydrogens is 423 g/mol. The van der Waals surface area contributed by atoms with E-state index in [0.29, 0.717) is 24.2 Å². The van der Waals surface area contributed by atoms with Gasteiger partial charge < -0.3 is 20.9 Å². The molecule has 1 aromatic rings. The molecule has 1 fully saturated rings. The molecule has 3 rings (SSSR count). The van der Waals surface area contributed by atoms with Crippen LogP contribution in [-0.2, 0) is 4.79 Å². The number of nitrogens with one attached hydrogen (secondary N) is 4. The predicted octanol–water partition coefficient (Wildman–Crippen LogP) is 2.90. The van der Waals surface area contributed by atoms with Crippen molar-refractivity contribution >= 4 is 23.3 Å². The number of hydrogen-bond acceptors (Lipinski definition) is 6. The first-order valence-electron chi connectivity index (χ1n) is 9.95. The summed E-state index contributed by atoms with van der Waals surface area (Å²) in [6.45, 7) is 3.41. The Morgan fingerprint density at radius 2 is 2.19 bits per heavy atom. The summed E-state index contributed by atoms with van der Waals surface area (Å²) in [5.41, 5.74) is 2.37. The van der Waals surface area contributed by atoms with Crippen molar-refractivity contribution in [2.75, 3.05) is 25.5 Å². The van der Waals surface area contributed by atoms with E-state index in [9.17, 15) is 18.0 Å². The number of carbonyl (C=O) groups is 1. The number of amides is 1. The fourth-order valence-electron chi connectivity index (χ4n) is 3.30. The summed E-state index contributed by atoms with van der Waals surface area (Å²) >= 11 is 0. The first-order chi connectivity index (χ1) is 15.2. The van der Waals surface area contributed by atoms with Gasteiger partial charge in [0.2, 0.25) is 0 Å². The van der Waals surface area contributed by atoms with Crippen LogP contribution in [-0.4, -0.2) is 53.7 Å². The van der Waals surface area contributed by atoms with Crippen LogP contribution < -0.4 is 16.0 Å². The van der Waals surface area contributed by atoms with Gasteiger partial charge in [-0.1, -0.05) is 6.58 Å². The van der Waals surface area contributed by atoms with Crippen molar-refractivity contribution in [2.24, 2.45) is 4.99 Å². The van der Waals surface area contributed by atoms with Gasteiger partial charge in [0, 0.05) is 43.7 Å². The number of nitrogens with zero attached hydrogens (tertiary/aromatic N) is 3. The molecule has 0 unspecified atom stereocenters. The van der Waals surface area contributed by atoms with Crippen molar-refractivity contribution in [1.82, 2.24) is 20.5 Å². The summed E-state index contributed by atoms with van der Waals surface area (Å²) in [7, 11) is 1.66. The minimum Gasteiger partial charge on any atom is -0.392 e. The Kier molecular flexibility index (Phi) is 6.96. The summed E-state index contributed by atoms with van der Waals surface area (Å²) in [4.78, 5) is 22.7. The van der Waals surface area contributed by atoms with E-state index in [1.54, 1.807) is 24.1 Å². The first-order valence-corrected chi connectivity index (χ1v) is 9.95. The Hall–Kier alpha value is -3.63. The highest BCUT2D eigenvalue weighted by Crippen LogP contribution is 2.22. The third kappa shape index (κ3) is 5.74. The Bertz CT molecular complexity index is 1010. The largest absolute Gasteiger partial charge is 0.405 e. The summed E-state index contributed by atoms with van der Waals surface area (Å²) in [6, 6.07) is 3.08. The molecule has 1 amide bonds. The van der Waals surface area contributed by atoms with Crippen molar-refractivity contribution in [3.8, 4) is 0 Å². The van der Waals surface area contributed by atoms with E-state index in [1.165, 1.54) is 18.5 Å². The van der Waals surface area contributed by atoms with Crippen LogP contribution in [0.3, 0.4) is 0 Å². The number of allylic oxidation sites excluding steroid dienone is 2. The van der Waals surface area contributed by atoms with Gasteiger partial charge in [-0.25, -0.2) is 9.98 Å². The van der Waals surface area contributed by atoms with Crippen LogP contribution in [0.5, 0.6) is 0 Å². The van der Waals surface area contributed by atoms with E-state index in [4.69, 9.17) is 5.41 Å². The fraction of sp³-hybridized carbons (Fsp3) is 0.333. The standard InChI is InChI=1S/C21H24F3N7O/c1-13-4-3-9-31(13)19(25)17(11-26-2)30-20(32)16-6-5-15(29-16)14-7-8-27-18(10-14)28-12-21(22,23)24/h6-8,10-11,25-26H,1,3-5,9,12H2,2H3,(H,27,28)(H,30,32)/b17-11+,25-19?. The first kappa shape index (κ1) is 23.0. The number of aromatic nitrogens is 1. The molecule has 1 aromatic heterocycles. The molecule has 0 aliphatic carbocycles.